The molecule has 0 bridgehead atoms. The lowest BCUT2D eigenvalue weighted by Gasteiger charge is -1.92. The first kappa shape index (κ1) is 9.88. The average molecular weight is 154 g/mol. The van der Waals surface area contributed by atoms with Gasteiger partial charge >= 0.3 is 0 Å². The molecule has 0 saturated heterocycles. The van der Waals surface area contributed by atoms with Crippen molar-refractivity contribution in [2.45, 2.75) is 27.7 Å². The van der Waals surface area contributed by atoms with Crippen molar-refractivity contribution in [1.82, 2.24) is 9.97 Å². The molecule has 62 valence electrons. The van der Waals surface area contributed by atoms with E-state index in [9.17, 15) is 4.79 Å². The smallest absolute Gasteiger partial charge is 0.253 e. The van der Waals surface area contributed by atoms with E-state index in [-0.39, 0.29) is 5.56 Å². The molecule has 1 aromatic heterocycles. The van der Waals surface area contributed by atoms with E-state index in [0.717, 1.165) is 5.69 Å². The van der Waals surface area contributed by atoms with Gasteiger partial charge in [-0.25, -0.2) is 4.98 Å². The first-order valence-corrected chi connectivity index (χ1v) is 3.72. The van der Waals surface area contributed by atoms with Crippen LogP contribution < -0.4 is 5.56 Å². The second-order valence-electron chi connectivity index (χ2n) is 1.94. The molecule has 0 saturated carbocycles. The Morgan fingerprint density at radius 2 is 1.91 bits per heavy atom. The Morgan fingerprint density at radius 3 is 2.27 bits per heavy atom. The third-order valence-corrected chi connectivity index (χ3v) is 1.34. The second-order valence-corrected chi connectivity index (χ2v) is 1.94. The topological polar surface area (TPSA) is 45.8 Å². The zero-order chi connectivity index (χ0) is 8.85. The monoisotopic (exact) mass is 154 g/mol. The van der Waals surface area contributed by atoms with Crippen LogP contribution >= 0.6 is 0 Å². The lowest BCUT2D eigenvalue weighted by molar-refractivity contribution is 1.02. The Hall–Kier alpha value is -1.12. The maximum Gasteiger partial charge on any atom is 0.253 e. The molecule has 0 aliphatic carbocycles. The molecular weight excluding hydrogens is 140 g/mol. The number of nitrogens with one attached hydrogen (secondary N) is 1. The standard InChI is InChI=1S/C6H8N2O.C2H6/c1-4-5(2)7-3-8-6(4)9;1-2/h3H,1-2H3,(H,7,8,9);1-2H3. The molecule has 0 unspecified atom stereocenters. The molecule has 0 aliphatic rings. The molecule has 0 aromatic carbocycles. The van der Waals surface area contributed by atoms with E-state index in [1.807, 2.05) is 20.8 Å². The molecule has 1 rings (SSSR count). The third-order valence-electron chi connectivity index (χ3n) is 1.34. The SMILES string of the molecule is CC.Cc1nc[nH]c(=O)c1C. The van der Waals surface area contributed by atoms with Gasteiger partial charge in [0.05, 0.1) is 6.33 Å². The molecule has 0 amide bonds. The van der Waals surface area contributed by atoms with E-state index >= 15 is 0 Å². The fourth-order valence-electron chi connectivity index (χ4n) is 0.557. The maximum absolute atomic E-state index is 10.7. The molecule has 3 nitrogen and oxygen atoms in total. The van der Waals surface area contributed by atoms with Crippen molar-refractivity contribution in [3.63, 3.8) is 0 Å². The average Bonchev–Trinajstić information content (AvgIpc) is 2.04. The van der Waals surface area contributed by atoms with Gasteiger partial charge < -0.3 is 4.98 Å². The predicted molar refractivity (Wildman–Crippen MR) is 45.7 cm³/mol. The highest BCUT2D eigenvalue weighted by atomic mass is 16.1. The van der Waals surface area contributed by atoms with Crippen molar-refractivity contribution in [3.05, 3.63) is 27.9 Å². The van der Waals surface area contributed by atoms with Crippen molar-refractivity contribution in [2.24, 2.45) is 0 Å². The highest BCUT2D eigenvalue weighted by Gasteiger charge is 1.94. The van der Waals surface area contributed by atoms with Crippen LogP contribution in [-0.2, 0) is 0 Å². The predicted octanol–water partition coefficient (Wildman–Crippen LogP) is 1.41. The van der Waals surface area contributed by atoms with Crippen LogP contribution in [0.25, 0.3) is 0 Å². The summed E-state index contributed by atoms with van der Waals surface area (Å²) in [6.07, 6.45) is 1.41. The molecule has 11 heavy (non-hydrogen) atoms. The summed E-state index contributed by atoms with van der Waals surface area (Å²) < 4.78 is 0. The normalized spacial score (nSPS) is 8.36. The molecule has 0 atom stereocenters. The van der Waals surface area contributed by atoms with Crippen molar-refractivity contribution in [2.75, 3.05) is 0 Å². The molecule has 0 fully saturated rings. The Balaban J connectivity index is 0.000000461. The summed E-state index contributed by atoms with van der Waals surface area (Å²) in [7, 11) is 0. The summed E-state index contributed by atoms with van der Waals surface area (Å²) in [5, 5.41) is 0. The van der Waals surface area contributed by atoms with Crippen LogP contribution in [0.3, 0.4) is 0 Å². The Bertz CT molecular complexity index is 265. The summed E-state index contributed by atoms with van der Waals surface area (Å²) in [4.78, 5) is 17.1. The van der Waals surface area contributed by atoms with E-state index in [2.05, 4.69) is 9.97 Å². The van der Waals surface area contributed by atoms with Crippen LogP contribution in [0.2, 0.25) is 0 Å². The van der Waals surface area contributed by atoms with E-state index < -0.39 is 0 Å². The molecule has 0 radical (unpaired) electrons. The Labute approximate surface area is 66.5 Å². The van der Waals surface area contributed by atoms with Gasteiger partial charge in [0.15, 0.2) is 0 Å². The van der Waals surface area contributed by atoms with Crippen molar-refractivity contribution in [3.8, 4) is 0 Å². The highest BCUT2D eigenvalue weighted by molar-refractivity contribution is 5.10. The molecular formula is C8H14N2O. The maximum atomic E-state index is 10.7. The largest absolute Gasteiger partial charge is 0.313 e. The van der Waals surface area contributed by atoms with E-state index in [1.165, 1.54) is 6.33 Å². The number of rotatable bonds is 0. The number of aromatic nitrogens is 2. The zero-order valence-corrected chi connectivity index (χ0v) is 7.43. The summed E-state index contributed by atoms with van der Waals surface area (Å²) in [6.45, 7) is 7.56. The summed E-state index contributed by atoms with van der Waals surface area (Å²) >= 11 is 0. The highest BCUT2D eigenvalue weighted by Crippen LogP contribution is 1.90. The first-order valence-electron chi connectivity index (χ1n) is 3.72. The fraction of sp³-hybridized carbons (Fsp3) is 0.500. The Kier molecular flexibility index (Phi) is 4.18. The molecule has 1 N–H and O–H groups in total. The van der Waals surface area contributed by atoms with Gasteiger partial charge in [-0.1, -0.05) is 13.8 Å². The summed E-state index contributed by atoms with van der Waals surface area (Å²) in [6, 6.07) is 0. The number of nitrogens with zero attached hydrogens (tertiary/aromatic N) is 1. The van der Waals surface area contributed by atoms with Crippen LogP contribution in [0, 0.1) is 13.8 Å². The number of aromatic amines is 1. The fourth-order valence-corrected chi connectivity index (χ4v) is 0.557. The van der Waals surface area contributed by atoms with E-state index in [4.69, 9.17) is 0 Å². The van der Waals surface area contributed by atoms with Crippen molar-refractivity contribution >= 4 is 0 Å². The molecule has 0 aliphatic heterocycles. The zero-order valence-electron chi connectivity index (χ0n) is 7.43. The van der Waals surface area contributed by atoms with E-state index in [1.54, 1.807) is 6.92 Å². The minimum atomic E-state index is -0.0532. The van der Waals surface area contributed by atoms with Crippen LogP contribution in [0.15, 0.2) is 11.1 Å². The van der Waals surface area contributed by atoms with Gasteiger partial charge in [0.2, 0.25) is 0 Å². The molecule has 3 heteroatoms. The third kappa shape index (κ3) is 2.53. The van der Waals surface area contributed by atoms with Crippen LogP contribution in [-0.4, -0.2) is 9.97 Å². The van der Waals surface area contributed by atoms with Gasteiger partial charge in [-0.3, -0.25) is 4.79 Å². The van der Waals surface area contributed by atoms with Gasteiger partial charge in [-0.2, -0.15) is 0 Å². The quantitative estimate of drug-likeness (QED) is 0.614. The first-order chi connectivity index (χ1) is 5.22. The van der Waals surface area contributed by atoms with Gasteiger partial charge in [0.25, 0.3) is 5.56 Å². The number of H-pyrrole nitrogens is 1. The molecule has 1 heterocycles. The molecule has 0 spiro atoms. The number of hydrogen-bond donors (Lipinski definition) is 1. The lowest BCUT2D eigenvalue weighted by atomic mass is 10.3. The van der Waals surface area contributed by atoms with Crippen LogP contribution in [0.1, 0.15) is 25.1 Å². The lowest BCUT2D eigenvalue weighted by Crippen LogP contribution is -2.11. The minimum Gasteiger partial charge on any atom is -0.313 e. The van der Waals surface area contributed by atoms with Gasteiger partial charge in [0.1, 0.15) is 0 Å². The number of hydrogen-bond acceptors (Lipinski definition) is 2. The summed E-state index contributed by atoms with van der Waals surface area (Å²) in [5.41, 5.74) is 1.43. The van der Waals surface area contributed by atoms with Gasteiger partial charge in [0, 0.05) is 11.3 Å². The minimum absolute atomic E-state index is 0.0532. The second kappa shape index (κ2) is 4.66. The van der Waals surface area contributed by atoms with Gasteiger partial charge in [-0.15, -0.1) is 0 Å². The van der Waals surface area contributed by atoms with Gasteiger partial charge in [-0.05, 0) is 13.8 Å². The Morgan fingerprint density at radius 1 is 1.36 bits per heavy atom. The van der Waals surface area contributed by atoms with Crippen molar-refractivity contribution in [1.29, 1.82) is 0 Å². The van der Waals surface area contributed by atoms with E-state index in [0.29, 0.717) is 5.56 Å². The number of aryl methyl sites for hydroxylation is 1. The van der Waals surface area contributed by atoms with Crippen LogP contribution in [0.4, 0.5) is 0 Å². The summed E-state index contributed by atoms with van der Waals surface area (Å²) in [5.74, 6) is 0. The van der Waals surface area contributed by atoms with Crippen molar-refractivity contribution < 1.29 is 0 Å². The molecule has 1 aromatic rings. The van der Waals surface area contributed by atoms with Crippen LogP contribution in [0.5, 0.6) is 0 Å².